The Morgan fingerprint density at radius 1 is 0.767 bits per heavy atom. The standard InChI is InChI=1S/C27H24N2S/c1-15-9-16(2)13-20(12-15)24-27-25(29-14-28-24)22-8-6-7-21(26(22)30-27)23-18(4)10-17(3)11-19(23)5/h6-14H,1-5H3/i14D. The van der Waals surface area contributed by atoms with Gasteiger partial charge in [-0.15, -0.1) is 11.3 Å². The fraction of sp³-hybridized carbons (Fsp3) is 0.185. The van der Waals surface area contributed by atoms with E-state index in [4.69, 9.17) is 1.37 Å². The summed E-state index contributed by atoms with van der Waals surface area (Å²) in [5, 5.41) is 1.10. The number of thiophene rings is 1. The molecule has 2 aromatic heterocycles. The van der Waals surface area contributed by atoms with E-state index in [2.05, 4.69) is 93.1 Å². The first-order chi connectivity index (χ1) is 14.8. The molecule has 0 N–H and O–H groups in total. The van der Waals surface area contributed by atoms with Crippen LogP contribution in [-0.2, 0) is 0 Å². The molecule has 2 heterocycles. The molecule has 0 aliphatic rings. The summed E-state index contributed by atoms with van der Waals surface area (Å²) < 4.78 is 10.5. The van der Waals surface area contributed by atoms with Gasteiger partial charge in [-0.05, 0) is 63.4 Å². The van der Waals surface area contributed by atoms with E-state index in [0.717, 1.165) is 26.9 Å². The monoisotopic (exact) mass is 409 g/mol. The lowest BCUT2D eigenvalue weighted by Gasteiger charge is -2.12. The summed E-state index contributed by atoms with van der Waals surface area (Å²) in [6, 6.07) is 17.4. The highest BCUT2D eigenvalue weighted by Crippen LogP contribution is 2.43. The smallest absolute Gasteiger partial charge is 0.116 e. The van der Waals surface area contributed by atoms with Crippen LogP contribution in [0.5, 0.6) is 0 Å². The second-order valence-corrected chi connectivity index (χ2v) is 9.30. The van der Waals surface area contributed by atoms with E-state index in [0.29, 0.717) is 0 Å². The molecule has 0 saturated heterocycles. The van der Waals surface area contributed by atoms with Gasteiger partial charge in [-0.3, -0.25) is 0 Å². The molecule has 0 radical (unpaired) electrons. The highest BCUT2D eigenvalue weighted by atomic mass is 32.1. The molecule has 148 valence electrons. The van der Waals surface area contributed by atoms with E-state index < -0.39 is 0 Å². The van der Waals surface area contributed by atoms with Crippen LogP contribution in [0.3, 0.4) is 0 Å². The van der Waals surface area contributed by atoms with Crippen molar-refractivity contribution < 1.29 is 1.37 Å². The van der Waals surface area contributed by atoms with Crippen LogP contribution in [0.2, 0.25) is 0 Å². The van der Waals surface area contributed by atoms with E-state index >= 15 is 0 Å². The number of hydrogen-bond acceptors (Lipinski definition) is 3. The maximum Gasteiger partial charge on any atom is 0.116 e. The summed E-state index contributed by atoms with van der Waals surface area (Å²) in [6.45, 7) is 10.7. The topological polar surface area (TPSA) is 25.8 Å². The van der Waals surface area contributed by atoms with Crippen molar-refractivity contribution in [1.29, 1.82) is 0 Å². The maximum absolute atomic E-state index is 8.28. The first-order valence-corrected chi connectivity index (χ1v) is 11.0. The minimum absolute atomic E-state index is 0.0643. The molecule has 0 aliphatic carbocycles. The van der Waals surface area contributed by atoms with Gasteiger partial charge in [0.1, 0.15) is 7.67 Å². The molecule has 0 fully saturated rings. The number of nitrogens with zero attached hydrogens (tertiary/aromatic N) is 2. The van der Waals surface area contributed by atoms with Crippen LogP contribution in [0, 0.1) is 34.6 Å². The molecule has 0 saturated carbocycles. The number of aromatic nitrogens is 2. The summed E-state index contributed by atoms with van der Waals surface area (Å²) in [5.74, 6) is 0. The van der Waals surface area contributed by atoms with E-state index in [1.807, 2.05) is 0 Å². The number of fused-ring (bicyclic) bond motifs is 3. The largest absolute Gasteiger partial charge is 0.235 e. The molecule has 0 bridgehead atoms. The number of rotatable bonds is 2. The van der Waals surface area contributed by atoms with Gasteiger partial charge in [0.05, 0.1) is 15.9 Å². The molecule has 0 amide bonds. The predicted molar refractivity (Wildman–Crippen MR) is 129 cm³/mol. The third kappa shape index (κ3) is 3.01. The van der Waals surface area contributed by atoms with Crippen LogP contribution in [0.1, 0.15) is 29.2 Å². The second kappa shape index (κ2) is 7.03. The fourth-order valence-corrected chi connectivity index (χ4v) is 5.93. The Bertz CT molecular complexity index is 1450. The molecule has 2 nitrogen and oxygen atoms in total. The van der Waals surface area contributed by atoms with E-state index in [-0.39, 0.29) is 6.30 Å². The van der Waals surface area contributed by atoms with E-state index in [1.54, 1.807) is 11.3 Å². The van der Waals surface area contributed by atoms with Gasteiger partial charge in [0.2, 0.25) is 0 Å². The zero-order valence-corrected chi connectivity index (χ0v) is 18.7. The quantitative estimate of drug-likeness (QED) is 0.298. The highest BCUT2D eigenvalue weighted by Gasteiger charge is 2.17. The Balaban J connectivity index is 1.87. The van der Waals surface area contributed by atoms with Crippen molar-refractivity contribution in [2.24, 2.45) is 0 Å². The summed E-state index contributed by atoms with van der Waals surface area (Å²) in [4.78, 5) is 9.12. The predicted octanol–water partition coefficient (Wildman–Crippen LogP) is 7.72. The van der Waals surface area contributed by atoms with Crippen molar-refractivity contribution in [3.05, 3.63) is 82.7 Å². The first kappa shape index (κ1) is 17.8. The van der Waals surface area contributed by atoms with Crippen LogP contribution < -0.4 is 0 Å². The maximum atomic E-state index is 8.28. The SMILES string of the molecule is [2H]c1nc(-c2cc(C)cc(C)c2)c2sc3c(-c4c(C)cc(C)cc4C)cccc3c2n1. The zero-order chi connectivity index (χ0) is 21.9. The van der Waals surface area contributed by atoms with Crippen molar-refractivity contribution in [2.75, 3.05) is 0 Å². The average Bonchev–Trinajstić information content (AvgIpc) is 3.05. The zero-order valence-electron chi connectivity index (χ0n) is 18.9. The average molecular weight is 410 g/mol. The second-order valence-electron chi connectivity index (χ2n) is 8.28. The van der Waals surface area contributed by atoms with Crippen LogP contribution in [0.4, 0.5) is 0 Å². The summed E-state index contributed by atoms with van der Waals surface area (Å²) >= 11 is 1.74. The third-order valence-electron chi connectivity index (χ3n) is 5.67. The number of benzene rings is 3. The van der Waals surface area contributed by atoms with Crippen molar-refractivity contribution in [1.82, 2.24) is 9.97 Å². The normalized spacial score (nSPS) is 12.0. The summed E-state index contributed by atoms with van der Waals surface area (Å²) in [6.07, 6.45) is 0.0643. The Morgan fingerprint density at radius 3 is 2.13 bits per heavy atom. The number of hydrogen-bond donors (Lipinski definition) is 0. The Labute approximate surface area is 182 Å². The molecule has 0 atom stereocenters. The van der Waals surface area contributed by atoms with Gasteiger partial charge >= 0.3 is 0 Å². The van der Waals surface area contributed by atoms with Gasteiger partial charge in [0.15, 0.2) is 0 Å². The summed E-state index contributed by atoms with van der Waals surface area (Å²) in [7, 11) is 0. The van der Waals surface area contributed by atoms with Crippen molar-refractivity contribution in [2.45, 2.75) is 34.6 Å². The van der Waals surface area contributed by atoms with E-state index in [9.17, 15) is 0 Å². The van der Waals surface area contributed by atoms with Crippen LogP contribution in [0.15, 0.2) is 54.8 Å². The van der Waals surface area contributed by atoms with Crippen molar-refractivity contribution in [3.8, 4) is 22.4 Å². The molecule has 5 aromatic rings. The molecule has 0 aliphatic heterocycles. The molecular weight excluding hydrogens is 384 g/mol. The molecule has 5 rings (SSSR count). The van der Waals surface area contributed by atoms with E-state index in [1.165, 1.54) is 43.6 Å². The van der Waals surface area contributed by atoms with Crippen molar-refractivity contribution >= 4 is 31.6 Å². The van der Waals surface area contributed by atoms with Crippen LogP contribution >= 0.6 is 11.3 Å². The molecule has 3 heteroatoms. The highest BCUT2D eigenvalue weighted by molar-refractivity contribution is 7.26. The van der Waals surface area contributed by atoms with Gasteiger partial charge < -0.3 is 0 Å². The Kier molecular flexibility index (Phi) is 4.17. The Hall–Kier alpha value is -3.04. The van der Waals surface area contributed by atoms with Gasteiger partial charge in [-0.1, -0.05) is 53.1 Å². The minimum atomic E-state index is 0.0643. The number of aryl methyl sites for hydroxylation is 5. The van der Waals surface area contributed by atoms with Crippen LogP contribution in [-0.4, -0.2) is 9.97 Å². The fourth-order valence-electron chi connectivity index (χ4n) is 4.66. The molecule has 0 unspecified atom stereocenters. The molecule has 0 spiro atoms. The molecule has 30 heavy (non-hydrogen) atoms. The molecule has 3 aromatic carbocycles. The Morgan fingerprint density at radius 2 is 1.43 bits per heavy atom. The van der Waals surface area contributed by atoms with Gasteiger partial charge in [0, 0.05) is 21.2 Å². The minimum Gasteiger partial charge on any atom is -0.235 e. The van der Waals surface area contributed by atoms with Crippen LogP contribution in [0.25, 0.3) is 42.7 Å². The first-order valence-electron chi connectivity index (χ1n) is 10.7. The van der Waals surface area contributed by atoms with Gasteiger partial charge in [0.25, 0.3) is 0 Å². The molecular formula is C27H24N2S. The lowest BCUT2D eigenvalue weighted by Crippen LogP contribution is -1.90. The lowest BCUT2D eigenvalue weighted by molar-refractivity contribution is 1.23. The lowest BCUT2D eigenvalue weighted by atomic mass is 9.93. The van der Waals surface area contributed by atoms with Gasteiger partial charge in [-0.2, -0.15) is 0 Å². The summed E-state index contributed by atoms with van der Waals surface area (Å²) in [5.41, 5.74) is 11.5. The van der Waals surface area contributed by atoms with Gasteiger partial charge in [-0.25, -0.2) is 9.97 Å². The van der Waals surface area contributed by atoms with Crippen molar-refractivity contribution in [3.63, 3.8) is 0 Å². The third-order valence-corrected chi connectivity index (χ3v) is 6.90.